The van der Waals surface area contributed by atoms with Crippen LogP contribution in [0.5, 0.6) is 0 Å². The first-order valence-electron chi connectivity index (χ1n) is 7.93. The van der Waals surface area contributed by atoms with E-state index in [0.29, 0.717) is 6.42 Å². The molecule has 2 N–H and O–H groups in total. The number of carboxylic acids is 1. The summed E-state index contributed by atoms with van der Waals surface area (Å²) in [7, 11) is 0. The Hall–Kier alpha value is -2.43. The Morgan fingerprint density at radius 1 is 1.26 bits per heavy atom. The van der Waals surface area contributed by atoms with Crippen molar-refractivity contribution in [1.29, 1.82) is 0 Å². The molecule has 0 amide bonds. The summed E-state index contributed by atoms with van der Waals surface area (Å²) in [5.74, 6) is 0.780. The van der Waals surface area contributed by atoms with Crippen LogP contribution in [0.15, 0.2) is 36.4 Å². The van der Waals surface area contributed by atoms with Crippen molar-refractivity contribution in [2.45, 2.75) is 45.6 Å². The van der Waals surface area contributed by atoms with Crippen LogP contribution in [0, 0.1) is 6.92 Å². The van der Waals surface area contributed by atoms with Gasteiger partial charge in [-0.2, -0.15) is 0 Å². The first-order chi connectivity index (χ1) is 11.1. The highest BCUT2D eigenvalue weighted by Gasteiger charge is 2.13. The van der Waals surface area contributed by atoms with E-state index in [1.807, 2.05) is 38.1 Å². The minimum Gasteiger partial charge on any atom is -0.481 e. The second kappa shape index (κ2) is 8.27. The van der Waals surface area contributed by atoms with Gasteiger partial charge in [0.1, 0.15) is 11.6 Å². The smallest absolute Gasteiger partial charge is 0.303 e. The predicted octanol–water partition coefficient (Wildman–Crippen LogP) is 3.24. The monoisotopic (exact) mass is 313 g/mol. The van der Waals surface area contributed by atoms with Gasteiger partial charge in [-0.1, -0.05) is 37.3 Å². The number of hydrogen-bond acceptors (Lipinski definition) is 4. The van der Waals surface area contributed by atoms with Gasteiger partial charge in [-0.05, 0) is 25.3 Å². The van der Waals surface area contributed by atoms with Crippen LogP contribution in [-0.4, -0.2) is 27.1 Å². The number of hydrogen-bond donors (Lipinski definition) is 2. The molecule has 23 heavy (non-hydrogen) atoms. The first kappa shape index (κ1) is 16.9. The number of carbonyl (C=O) groups is 1. The fourth-order valence-corrected chi connectivity index (χ4v) is 2.49. The van der Waals surface area contributed by atoms with E-state index in [1.165, 1.54) is 5.56 Å². The third kappa shape index (κ3) is 5.70. The van der Waals surface area contributed by atoms with Crippen LogP contribution < -0.4 is 5.32 Å². The first-order valence-corrected chi connectivity index (χ1v) is 7.93. The molecule has 1 atom stereocenters. The quantitative estimate of drug-likeness (QED) is 0.782. The molecule has 1 unspecified atom stereocenters. The molecule has 0 aliphatic rings. The second-order valence-corrected chi connectivity index (χ2v) is 5.63. The average molecular weight is 313 g/mol. The highest BCUT2D eigenvalue weighted by atomic mass is 16.4. The van der Waals surface area contributed by atoms with Crippen LogP contribution >= 0.6 is 0 Å². The summed E-state index contributed by atoms with van der Waals surface area (Å²) < 4.78 is 0. The van der Waals surface area contributed by atoms with Gasteiger partial charge < -0.3 is 10.4 Å². The zero-order chi connectivity index (χ0) is 16.7. The van der Waals surface area contributed by atoms with E-state index >= 15 is 0 Å². The summed E-state index contributed by atoms with van der Waals surface area (Å²) in [6.45, 7) is 3.96. The Bertz CT molecular complexity index is 644. The number of rotatable bonds is 8. The highest BCUT2D eigenvalue weighted by molar-refractivity contribution is 5.66. The second-order valence-electron chi connectivity index (χ2n) is 5.63. The van der Waals surface area contributed by atoms with Crippen molar-refractivity contribution in [1.82, 2.24) is 9.97 Å². The van der Waals surface area contributed by atoms with Gasteiger partial charge in [-0.3, -0.25) is 4.79 Å². The Labute approximate surface area is 136 Å². The third-order valence-electron chi connectivity index (χ3n) is 3.60. The lowest BCUT2D eigenvalue weighted by molar-refractivity contribution is -0.137. The highest BCUT2D eigenvalue weighted by Crippen LogP contribution is 2.14. The molecule has 2 rings (SSSR count). The summed E-state index contributed by atoms with van der Waals surface area (Å²) in [4.78, 5) is 19.8. The maximum absolute atomic E-state index is 10.9. The molecule has 122 valence electrons. The molecule has 1 aromatic heterocycles. The van der Waals surface area contributed by atoms with Crippen molar-refractivity contribution in [3.8, 4) is 0 Å². The van der Waals surface area contributed by atoms with E-state index in [0.717, 1.165) is 30.2 Å². The summed E-state index contributed by atoms with van der Waals surface area (Å²) in [5.41, 5.74) is 2.09. The molecule has 5 heteroatoms. The Morgan fingerprint density at radius 3 is 2.65 bits per heavy atom. The van der Waals surface area contributed by atoms with Crippen molar-refractivity contribution in [3.05, 3.63) is 53.5 Å². The lowest BCUT2D eigenvalue weighted by atomic mass is 10.0. The van der Waals surface area contributed by atoms with Crippen molar-refractivity contribution in [3.63, 3.8) is 0 Å². The normalized spacial score (nSPS) is 11.9. The van der Waals surface area contributed by atoms with E-state index in [1.54, 1.807) is 0 Å². The number of aryl methyl sites for hydroxylation is 2. The minimum absolute atomic E-state index is 0.0208. The van der Waals surface area contributed by atoms with Gasteiger partial charge >= 0.3 is 5.97 Å². The number of nitrogens with zero attached hydrogens (tertiary/aromatic N) is 2. The Morgan fingerprint density at radius 2 is 2.00 bits per heavy atom. The molecule has 0 fully saturated rings. The summed E-state index contributed by atoms with van der Waals surface area (Å²) >= 11 is 0. The molecule has 0 radical (unpaired) electrons. The van der Waals surface area contributed by atoms with Gasteiger partial charge in [-0.15, -0.1) is 0 Å². The number of anilines is 1. The van der Waals surface area contributed by atoms with E-state index < -0.39 is 5.97 Å². The van der Waals surface area contributed by atoms with Crippen LogP contribution in [0.2, 0.25) is 0 Å². The van der Waals surface area contributed by atoms with Crippen molar-refractivity contribution in [2.24, 2.45) is 0 Å². The maximum atomic E-state index is 10.9. The zero-order valence-electron chi connectivity index (χ0n) is 13.6. The van der Waals surface area contributed by atoms with Crippen LogP contribution in [0.4, 0.5) is 5.82 Å². The largest absolute Gasteiger partial charge is 0.481 e. The predicted molar refractivity (Wildman–Crippen MR) is 90.6 cm³/mol. The maximum Gasteiger partial charge on any atom is 0.303 e. The number of carboxylic acid groups (broad SMARTS) is 1. The van der Waals surface area contributed by atoms with E-state index in [-0.39, 0.29) is 12.5 Å². The lowest BCUT2D eigenvalue weighted by Gasteiger charge is -2.19. The zero-order valence-corrected chi connectivity index (χ0v) is 13.6. The van der Waals surface area contributed by atoms with Crippen LogP contribution in [0.25, 0.3) is 0 Å². The molecule has 0 saturated heterocycles. The SMILES string of the molecule is CCc1nc(C)cc(NC(CCC(=O)O)Cc2ccccc2)n1. The number of aliphatic carboxylic acids is 1. The van der Waals surface area contributed by atoms with E-state index in [4.69, 9.17) is 5.11 Å². The molecule has 0 spiro atoms. The molecular formula is C18H23N3O2. The van der Waals surface area contributed by atoms with Crippen LogP contribution in [0.3, 0.4) is 0 Å². The van der Waals surface area contributed by atoms with Gasteiger partial charge in [0.25, 0.3) is 0 Å². The van der Waals surface area contributed by atoms with Crippen molar-refractivity contribution < 1.29 is 9.90 Å². The minimum atomic E-state index is -0.780. The van der Waals surface area contributed by atoms with Gasteiger partial charge in [-0.25, -0.2) is 9.97 Å². The average Bonchev–Trinajstić information content (AvgIpc) is 2.53. The molecule has 1 aromatic carbocycles. The lowest BCUT2D eigenvalue weighted by Crippen LogP contribution is -2.24. The third-order valence-corrected chi connectivity index (χ3v) is 3.60. The molecule has 2 aromatic rings. The van der Waals surface area contributed by atoms with Crippen molar-refractivity contribution >= 4 is 11.8 Å². The Balaban J connectivity index is 2.13. The molecule has 5 nitrogen and oxygen atoms in total. The fraction of sp³-hybridized carbons (Fsp3) is 0.389. The molecule has 0 saturated carbocycles. The molecule has 1 heterocycles. The number of aromatic nitrogens is 2. The number of nitrogens with one attached hydrogen (secondary N) is 1. The van der Waals surface area contributed by atoms with E-state index in [2.05, 4.69) is 27.4 Å². The van der Waals surface area contributed by atoms with Gasteiger partial charge in [0.2, 0.25) is 0 Å². The summed E-state index contributed by atoms with van der Waals surface area (Å²) in [6, 6.07) is 12.0. The standard InChI is InChI=1S/C18H23N3O2/c1-3-16-19-13(2)11-17(21-16)20-15(9-10-18(22)23)12-14-7-5-4-6-8-14/h4-8,11,15H,3,9-10,12H2,1-2H3,(H,22,23)(H,19,20,21). The molecule has 0 aliphatic heterocycles. The summed E-state index contributed by atoms with van der Waals surface area (Å²) in [6.07, 6.45) is 2.22. The Kier molecular flexibility index (Phi) is 6.09. The van der Waals surface area contributed by atoms with Crippen LogP contribution in [-0.2, 0) is 17.6 Å². The van der Waals surface area contributed by atoms with Gasteiger partial charge in [0.05, 0.1) is 0 Å². The fourth-order valence-electron chi connectivity index (χ4n) is 2.49. The number of benzene rings is 1. The topological polar surface area (TPSA) is 75.1 Å². The van der Waals surface area contributed by atoms with Crippen molar-refractivity contribution in [2.75, 3.05) is 5.32 Å². The van der Waals surface area contributed by atoms with Crippen LogP contribution in [0.1, 0.15) is 36.8 Å². The molecule has 0 aliphatic carbocycles. The van der Waals surface area contributed by atoms with E-state index in [9.17, 15) is 4.79 Å². The molecule has 0 bridgehead atoms. The summed E-state index contributed by atoms with van der Waals surface area (Å²) in [5, 5.41) is 12.4. The van der Waals surface area contributed by atoms with Gasteiger partial charge in [0, 0.05) is 30.6 Å². The van der Waals surface area contributed by atoms with Gasteiger partial charge in [0.15, 0.2) is 0 Å². The molecular weight excluding hydrogens is 290 g/mol.